The second-order valence-electron chi connectivity index (χ2n) is 4.58. The van der Waals surface area contributed by atoms with Crippen LogP contribution in [0.2, 0.25) is 18.1 Å². The van der Waals surface area contributed by atoms with Gasteiger partial charge in [0.15, 0.2) is 0 Å². The normalized spacial score (nSPS) is 10.7. The van der Waals surface area contributed by atoms with Gasteiger partial charge in [0.05, 0.1) is 6.23 Å². The summed E-state index contributed by atoms with van der Waals surface area (Å²) in [4.78, 5) is 0. The molecule has 2 heteroatoms. The molecule has 1 rings (SSSR count). The summed E-state index contributed by atoms with van der Waals surface area (Å²) in [6.45, 7) is 11.6. The van der Waals surface area contributed by atoms with Gasteiger partial charge >= 0.3 is 0 Å². The van der Waals surface area contributed by atoms with E-state index in [4.69, 9.17) is 4.74 Å². The van der Waals surface area contributed by atoms with Crippen LogP contribution in [-0.4, -0.2) is 14.3 Å². The maximum Gasteiger partial charge on any atom is 0.118 e. The quantitative estimate of drug-likeness (QED) is 0.464. The Morgan fingerprint density at radius 3 is 1.83 bits per heavy atom. The van der Waals surface area contributed by atoms with Crippen molar-refractivity contribution < 1.29 is 4.74 Å². The standard InChI is InChI=1S/C16H22OSi/c1-4-12-18(13-5-2,14-6-3)15-17-16-10-8-7-9-11-16/h4-11H,1-3,12-15H2. The van der Waals surface area contributed by atoms with E-state index in [0.717, 1.165) is 30.1 Å². The van der Waals surface area contributed by atoms with Gasteiger partial charge in [-0.1, -0.05) is 36.4 Å². The van der Waals surface area contributed by atoms with E-state index < -0.39 is 8.07 Å². The summed E-state index contributed by atoms with van der Waals surface area (Å²) in [6.07, 6.45) is 6.82. The van der Waals surface area contributed by atoms with Crippen LogP contribution in [0.25, 0.3) is 0 Å². The molecule has 0 bridgehead atoms. The van der Waals surface area contributed by atoms with Crippen LogP contribution >= 0.6 is 0 Å². The van der Waals surface area contributed by atoms with Crippen molar-refractivity contribution in [3.05, 3.63) is 68.3 Å². The molecule has 0 aliphatic heterocycles. The number of hydrogen-bond acceptors (Lipinski definition) is 1. The third kappa shape index (κ3) is 4.38. The molecular formula is C16H22OSi. The van der Waals surface area contributed by atoms with E-state index in [0.29, 0.717) is 0 Å². The van der Waals surface area contributed by atoms with Crippen molar-refractivity contribution in [1.29, 1.82) is 0 Å². The molecular weight excluding hydrogens is 236 g/mol. The van der Waals surface area contributed by atoms with Crippen LogP contribution in [-0.2, 0) is 0 Å². The monoisotopic (exact) mass is 258 g/mol. The third-order valence-electron chi connectivity index (χ3n) is 3.02. The Kier molecular flexibility index (Phi) is 6.23. The Morgan fingerprint density at radius 1 is 0.889 bits per heavy atom. The van der Waals surface area contributed by atoms with Crippen LogP contribution in [0, 0.1) is 0 Å². The molecule has 0 atom stereocenters. The number of hydrogen-bond donors (Lipinski definition) is 0. The van der Waals surface area contributed by atoms with E-state index in [1.165, 1.54) is 0 Å². The Morgan fingerprint density at radius 2 is 1.39 bits per heavy atom. The van der Waals surface area contributed by atoms with Crippen molar-refractivity contribution in [2.75, 3.05) is 6.23 Å². The summed E-state index contributed by atoms with van der Waals surface area (Å²) in [6, 6.07) is 13.1. The smallest absolute Gasteiger partial charge is 0.118 e. The molecule has 96 valence electrons. The lowest BCUT2D eigenvalue weighted by Crippen LogP contribution is -2.40. The highest BCUT2D eigenvalue weighted by Gasteiger charge is 2.30. The number of para-hydroxylation sites is 1. The van der Waals surface area contributed by atoms with Gasteiger partial charge < -0.3 is 4.74 Å². The molecule has 0 N–H and O–H groups in total. The predicted octanol–water partition coefficient (Wildman–Crippen LogP) is 4.61. The first-order chi connectivity index (χ1) is 8.76. The second kappa shape index (κ2) is 7.72. The van der Waals surface area contributed by atoms with E-state index in [-0.39, 0.29) is 0 Å². The number of ether oxygens (including phenoxy) is 1. The molecule has 0 aliphatic rings. The first-order valence-electron chi connectivity index (χ1n) is 6.27. The first-order valence-corrected chi connectivity index (χ1v) is 9.10. The summed E-state index contributed by atoms with van der Waals surface area (Å²) in [5, 5.41) is 0. The van der Waals surface area contributed by atoms with Gasteiger partial charge in [-0.3, -0.25) is 0 Å². The van der Waals surface area contributed by atoms with Crippen LogP contribution in [0.3, 0.4) is 0 Å². The molecule has 0 aromatic heterocycles. The van der Waals surface area contributed by atoms with Crippen LogP contribution in [0.5, 0.6) is 5.75 Å². The van der Waals surface area contributed by atoms with Gasteiger partial charge in [0.2, 0.25) is 0 Å². The summed E-state index contributed by atoms with van der Waals surface area (Å²) < 4.78 is 5.95. The highest BCUT2D eigenvalue weighted by Crippen LogP contribution is 2.24. The molecule has 18 heavy (non-hydrogen) atoms. The SMILES string of the molecule is C=CC[Si](CC=C)(CC=C)COc1ccccc1. The number of rotatable bonds is 9. The van der Waals surface area contributed by atoms with Crippen molar-refractivity contribution in [1.82, 2.24) is 0 Å². The van der Waals surface area contributed by atoms with Crippen LogP contribution in [0.15, 0.2) is 68.3 Å². The molecule has 0 saturated heterocycles. The van der Waals surface area contributed by atoms with Crippen LogP contribution in [0.1, 0.15) is 0 Å². The molecule has 0 amide bonds. The van der Waals surface area contributed by atoms with E-state index >= 15 is 0 Å². The fourth-order valence-corrected chi connectivity index (χ4v) is 5.26. The van der Waals surface area contributed by atoms with Crippen molar-refractivity contribution in [3.63, 3.8) is 0 Å². The number of benzene rings is 1. The van der Waals surface area contributed by atoms with Crippen LogP contribution in [0.4, 0.5) is 0 Å². The minimum absolute atomic E-state index is 0.793. The lowest BCUT2D eigenvalue weighted by molar-refractivity contribution is 0.376. The molecule has 0 radical (unpaired) electrons. The van der Waals surface area contributed by atoms with Crippen molar-refractivity contribution >= 4 is 8.07 Å². The van der Waals surface area contributed by atoms with Gasteiger partial charge in [0.25, 0.3) is 0 Å². The maximum atomic E-state index is 5.95. The lowest BCUT2D eigenvalue weighted by atomic mass is 10.3. The minimum atomic E-state index is -1.55. The summed E-state index contributed by atoms with van der Waals surface area (Å²) in [5.74, 6) is 0.937. The highest BCUT2D eigenvalue weighted by molar-refractivity contribution is 6.81. The van der Waals surface area contributed by atoms with Gasteiger partial charge in [-0.15, -0.1) is 19.7 Å². The summed E-state index contributed by atoms with van der Waals surface area (Å²) in [7, 11) is -1.55. The molecule has 1 aromatic carbocycles. The highest BCUT2D eigenvalue weighted by atomic mass is 28.3. The average Bonchev–Trinajstić information content (AvgIpc) is 2.39. The molecule has 0 unspecified atom stereocenters. The van der Waals surface area contributed by atoms with Gasteiger partial charge in [-0.25, -0.2) is 0 Å². The van der Waals surface area contributed by atoms with E-state index in [1.807, 2.05) is 48.6 Å². The zero-order valence-electron chi connectivity index (χ0n) is 11.0. The van der Waals surface area contributed by atoms with E-state index in [2.05, 4.69) is 19.7 Å². The Hall–Kier alpha value is -1.54. The fraction of sp³-hybridized carbons (Fsp3) is 0.250. The predicted molar refractivity (Wildman–Crippen MR) is 82.7 cm³/mol. The Labute approximate surface area is 112 Å². The van der Waals surface area contributed by atoms with Gasteiger partial charge in [-0.05, 0) is 30.3 Å². The average molecular weight is 258 g/mol. The van der Waals surface area contributed by atoms with E-state index in [1.54, 1.807) is 0 Å². The van der Waals surface area contributed by atoms with Crippen LogP contribution < -0.4 is 4.74 Å². The molecule has 0 saturated carbocycles. The fourth-order valence-electron chi connectivity index (χ4n) is 2.10. The third-order valence-corrected chi connectivity index (χ3v) is 7.24. The second-order valence-corrected chi connectivity index (χ2v) is 9.09. The largest absolute Gasteiger partial charge is 0.497 e. The topological polar surface area (TPSA) is 9.23 Å². The van der Waals surface area contributed by atoms with Crippen molar-refractivity contribution in [2.24, 2.45) is 0 Å². The maximum absolute atomic E-state index is 5.95. The van der Waals surface area contributed by atoms with Gasteiger partial charge in [0, 0.05) is 0 Å². The molecule has 1 nitrogen and oxygen atoms in total. The minimum Gasteiger partial charge on any atom is -0.497 e. The Bertz CT molecular complexity index is 357. The summed E-state index contributed by atoms with van der Waals surface area (Å²) >= 11 is 0. The molecule has 0 heterocycles. The first kappa shape index (κ1) is 14.5. The van der Waals surface area contributed by atoms with Crippen molar-refractivity contribution in [2.45, 2.75) is 18.1 Å². The molecule has 0 spiro atoms. The van der Waals surface area contributed by atoms with Crippen molar-refractivity contribution in [3.8, 4) is 5.75 Å². The number of allylic oxidation sites excluding steroid dienone is 3. The molecule has 0 aliphatic carbocycles. The van der Waals surface area contributed by atoms with E-state index in [9.17, 15) is 0 Å². The lowest BCUT2D eigenvalue weighted by Gasteiger charge is -2.28. The zero-order chi connectivity index (χ0) is 13.3. The molecule has 1 aromatic rings. The zero-order valence-corrected chi connectivity index (χ0v) is 12.0. The van der Waals surface area contributed by atoms with Gasteiger partial charge in [-0.2, -0.15) is 0 Å². The van der Waals surface area contributed by atoms with Gasteiger partial charge in [0.1, 0.15) is 13.8 Å². The Balaban J connectivity index is 2.72. The molecule has 0 fully saturated rings. The summed E-state index contributed by atoms with van der Waals surface area (Å²) in [5.41, 5.74) is 0.